The van der Waals surface area contributed by atoms with Crippen LogP contribution in [0.15, 0.2) is 0 Å². The average molecular weight is 151 g/mol. The maximum atomic E-state index is 10.6. The second kappa shape index (κ2) is 4.04. The summed E-state index contributed by atoms with van der Waals surface area (Å²) in [7, 11) is -2.81. The standard InChI is InChI=1S/C5H14NO2P/c1-3-4-6-5-9(2,7)8/h6H,3-5H2,1-2H3,(H,7,8). The fourth-order valence-electron chi connectivity index (χ4n) is 0.463. The van der Waals surface area contributed by atoms with Gasteiger partial charge in [0.15, 0.2) is 0 Å². The molecule has 3 nitrogen and oxygen atoms in total. The van der Waals surface area contributed by atoms with E-state index >= 15 is 0 Å². The normalized spacial score (nSPS) is 17.2. The first kappa shape index (κ1) is 9.15. The lowest BCUT2D eigenvalue weighted by atomic mass is 10.5. The lowest BCUT2D eigenvalue weighted by Gasteiger charge is -2.04. The van der Waals surface area contributed by atoms with Gasteiger partial charge in [-0.05, 0) is 13.0 Å². The Labute approximate surface area is 55.9 Å². The lowest BCUT2D eigenvalue weighted by Crippen LogP contribution is -2.15. The van der Waals surface area contributed by atoms with Gasteiger partial charge in [0.25, 0.3) is 0 Å². The highest BCUT2D eigenvalue weighted by atomic mass is 31.2. The summed E-state index contributed by atoms with van der Waals surface area (Å²) in [5.74, 6) is 0. The van der Waals surface area contributed by atoms with E-state index in [0.717, 1.165) is 13.0 Å². The molecule has 0 spiro atoms. The molecular weight excluding hydrogens is 137 g/mol. The quantitative estimate of drug-likeness (QED) is 0.462. The zero-order chi connectivity index (χ0) is 7.33. The van der Waals surface area contributed by atoms with Crippen molar-refractivity contribution in [3.63, 3.8) is 0 Å². The van der Waals surface area contributed by atoms with Gasteiger partial charge in [-0.1, -0.05) is 6.92 Å². The van der Waals surface area contributed by atoms with Crippen molar-refractivity contribution in [3.05, 3.63) is 0 Å². The Kier molecular flexibility index (Phi) is 4.11. The van der Waals surface area contributed by atoms with Crippen LogP contribution in [0.5, 0.6) is 0 Å². The number of rotatable bonds is 4. The molecule has 0 radical (unpaired) electrons. The van der Waals surface area contributed by atoms with E-state index in [0.29, 0.717) is 0 Å². The van der Waals surface area contributed by atoms with E-state index in [-0.39, 0.29) is 6.29 Å². The largest absolute Gasteiger partial charge is 0.344 e. The molecule has 2 N–H and O–H groups in total. The summed E-state index contributed by atoms with van der Waals surface area (Å²) in [5.41, 5.74) is 0. The van der Waals surface area contributed by atoms with Crippen molar-refractivity contribution in [2.45, 2.75) is 13.3 Å². The molecule has 0 saturated heterocycles. The highest BCUT2D eigenvalue weighted by Crippen LogP contribution is 2.32. The second-order valence-corrected chi connectivity index (χ2v) is 4.63. The maximum Gasteiger partial charge on any atom is 0.210 e. The van der Waals surface area contributed by atoms with Crippen molar-refractivity contribution in [1.29, 1.82) is 0 Å². The van der Waals surface area contributed by atoms with Crippen molar-refractivity contribution in [2.24, 2.45) is 0 Å². The van der Waals surface area contributed by atoms with Crippen LogP contribution in [0.2, 0.25) is 0 Å². The first-order chi connectivity index (χ1) is 4.06. The smallest absolute Gasteiger partial charge is 0.210 e. The van der Waals surface area contributed by atoms with Crippen LogP contribution in [0.4, 0.5) is 0 Å². The molecule has 1 unspecified atom stereocenters. The van der Waals surface area contributed by atoms with Gasteiger partial charge in [0.2, 0.25) is 7.37 Å². The van der Waals surface area contributed by atoms with E-state index in [1.165, 1.54) is 6.66 Å². The molecule has 0 saturated carbocycles. The summed E-state index contributed by atoms with van der Waals surface area (Å²) >= 11 is 0. The molecule has 0 aliphatic carbocycles. The number of hydrogen-bond acceptors (Lipinski definition) is 2. The first-order valence-corrected chi connectivity index (χ1v) is 5.35. The van der Waals surface area contributed by atoms with Crippen molar-refractivity contribution < 1.29 is 9.46 Å². The highest BCUT2D eigenvalue weighted by Gasteiger charge is 2.06. The Bertz CT molecular complexity index is 110. The van der Waals surface area contributed by atoms with Crippen LogP contribution in [0, 0.1) is 0 Å². The van der Waals surface area contributed by atoms with Gasteiger partial charge in [0, 0.05) is 6.66 Å². The van der Waals surface area contributed by atoms with E-state index in [9.17, 15) is 4.57 Å². The van der Waals surface area contributed by atoms with Gasteiger partial charge in [-0.15, -0.1) is 0 Å². The van der Waals surface area contributed by atoms with Gasteiger partial charge < -0.3 is 10.2 Å². The van der Waals surface area contributed by atoms with Gasteiger partial charge in [-0.25, -0.2) is 0 Å². The minimum Gasteiger partial charge on any atom is -0.344 e. The fraction of sp³-hybridized carbons (Fsp3) is 1.00. The Morgan fingerprint density at radius 1 is 1.67 bits per heavy atom. The van der Waals surface area contributed by atoms with Crippen LogP contribution in [0.3, 0.4) is 0 Å². The summed E-state index contributed by atoms with van der Waals surface area (Å²) in [6, 6.07) is 0. The van der Waals surface area contributed by atoms with Gasteiger partial charge in [-0.2, -0.15) is 0 Å². The third-order valence-electron chi connectivity index (χ3n) is 0.832. The SMILES string of the molecule is CCCNCP(C)(=O)O. The van der Waals surface area contributed by atoms with E-state index in [1.54, 1.807) is 0 Å². The van der Waals surface area contributed by atoms with E-state index in [1.807, 2.05) is 6.92 Å². The molecule has 56 valence electrons. The third-order valence-corrected chi connectivity index (χ3v) is 1.64. The van der Waals surface area contributed by atoms with Crippen molar-refractivity contribution >= 4 is 7.37 Å². The van der Waals surface area contributed by atoms with Gasteiger partial charge in [0.05, 0.1) is 6.29 Å². The summed E-state index contributed by atoms with van der Waals surface area (Å²) in [4.78, 5) is 8.74. The third kappa shape index (κ3) is 8.15. The molecule has 0 aliphatic rings. The Hall–Kier alpha value is 0.150. The summed E-state index contributed by atoms with van der Waals surface area (Å²) in [6.45, 7) is 4.19. The monoisotopic (exact) mass is 151 g/mol. The van der Waals surface area contributed by atoms with Crippen molar-refractivity contribution in [1.82, 2.24) is 5.32 Å². The van der Waals surface area contributed by atoms with Gasteiger partial charge in [-0.3, -0.25) is 4.57 Å². The van der Waals surface area contributed by atoms with Crippen LogP contribution in [0.25, 0.3) is 0 Å². The van der Waals surface area contributed by atoms with Crippen molar-refractivity contribution in [2.75, 3.05) is 19.5 Å². The second-order valence-electron chi connectivity index (χ2n) is 2.21. The Morgan fingerprint density at radius 3 is 2.56 bits per heavy atom. The molecule has 0 heterocycles. The zero-order valence-electron chi connectivity index (χ0n) is 5.92. The number of nitrogens with one attached hydrogen (secondary N) is 1. The van der Waals surface area contributed by atoms with Crippen LogP contribution >= 0.6 is 7.37 Å². The van der Waals surface area contributed by atoms with E-state index in [4.69, 9.17) is 4.89 Å². The Balaban J connectivity index is 3.18. The first-order valence-electron chi connectivity index (χ1n) is 3.06. The molecule has 9 heavy (non-hydrogen) atoms. The van der Waals surface area contributed by atoms with E-state index < -0.39 is 7.37 Å². The van der Waals surface area contributed by atoms with Crippen LogP contribution in [-0.4, -0.2) is 24.4 Å². The molecule has 1 atom stereocenters. The molecule has 0 rings (SSSR count). The Morgan fingerprint density at radius 2 is 2.22 bits per heavy atom. The highest BCUT2D eigenvalue weighted by molar-refractivity contribution is 7.57. The van der Waals surface area contributed by atoms with E-state index in [2.05, 4.69) is 5.32 Å². The minimum atomic E-state index is -2.81. The lowest BCUT2D eigenvalue weighted by molar-refractivity contribution is 0.478. The molecule has 0 aliphatic heterocycles. The summed E-state index contributed by atoms with van der Waals surface area (Å²) < 4.78 is 10.6. The molecule has 0 aromatic heterocycles. The van der Waals surface area contributed by atoms with Crippen LogP contribution < -0.4 is 5.32 Å². The molecular formula is C5H14NO2P. The molecule has 0 aromatic carbocycles. The maximum absolute atomic E-state index is 10.6. The molecule has 0 aromatic rings. The predicted molar refractivity (Wildman–Crippen MR) is 38.9 cm³/mol. The predicted octanol–water partition coefficient (Wildman–Crippen LogP) is 0.844. The van der Waals surface area contributed by atoms with Crippen molar-refractivity contribution in [3.8, 4) is 0 Å². The van der Waals surface area contributed by atoms with Crippen LogP contribution in [-0.2, 0) is 4.57 Å². The molecule has 0 amide bonds. The zero-order valence-corrected chi connectivity index (χ0v) is 6.82. The fourth-order valence-corrected chi connectivity index (χ4v) is 1.04. The average Bonchev–Trinajstić information content (AvgIpc) is 1.63. The van der Waals surface area contributed by atoms with Gasteiger partial charge in [0.1, 0.15) is 0 Å². The van der Waals surface area contributed by atoms with Gasteiger partial charge >= 0.3 is 0 Å². The summed E-state index contributed by atoms with van der Waals surface area (Å²) in [6.07, 6.45) is 1.24. The summed E-state index contributed by atoms with van der Waals surface area (Å²) in [5, 5.41) is 2.86. The molecule has 4 heteroatoms. The molecule has 0 fully saturated rings. The van der Waals surface area contributed by atoms with Crippen LogP contribution in [0.1, 0.15) is 13.3 Å². The number of hydrogen-bond donors (Lipinski definition) is 2. The topological polar surface area (TPSA) is 49.3 Å². The molecule has 0 bridgehead atoms. The minimum absolute atomic E-state index is 0.237.